The molecule has 1 aromatic heterocycles. The zero-order valence-corrected chi connectivity index (χ0v) is 17.8. The highest BCUT2D eigenvalue weighted by molar-refractivity contribution is 14.0. The number of hydrogen-bond donors (Lipinski definition) is 2. The number of benzene rings is 1. The molecule has 0 saturated heterocycles. The van der Waals surface area contributed by atoms with E-state index in [1.807, 2.05) is 18.3 Å². The van der Waals surface area contributed by atoms with Gasteiger partial charge in [0.2, 0.25) is 5.88 Å². The van der Waals surface area contributed by atoms with E-state index in [0.29, 0.717) is 24.5 Å². The molecule has 0 amide bonds. The fraction of sp³-hybridized carbons (Fsp3) is 0.429. The second-order valence-corrected chi connectivity index (χ2v) is 7.19. The van der Waals surface area contributed by atoms with Gasteiger partial charge in [-0.15, -0.1) is 24.0 Å². The maximum Gasteiger partial charge on any atom is 0.213 e. The smallest absolute Gasteiger partial charge is 0.213 e. The zero-order chi connectivity index (χ0) is 17.8. The van der Waals surface area contributed by atoms with Crippen LogP contribution in [0.1, 0.15) is 48.8 Å². The van der Waals surface area contributed by atoms with E-state index < -0.39 is 0 Å². The Bertz CT molecular complexity index is 785. The van der Waals surface area contributed by atoms with Gasteiger partial charge in [0.25, 0.3) is 0 Å². The van der Waals surface area contributed by atoms with Crippen molar-refractivity contribution in [2.45, 2.75) is 57.6 Å². The van der Waals surface area contributed by atoms with Crippen LogP contribution in [-0.4, -0.2) is 17.0 Å². The van der Waals surface area contributed by atoms with Gasteiger partial charge in [0.1, 0.15) is 6.10 Å². The van der Waals surface area contributed by atoms with Crippen LogP contribution in [0.3, 0.4) is 0 Å². The second kappa shape index (κ2) is 9.39. The van der Waals surface area contributed by atoms with Crippen molar-refractivity contribution in [3.63, 3.8) is 0 Å². The summed E-state index contributed by atoms with van der Waals surface area (Å²) in [6.07, 6.45) is 10.5. The first-order valence-corrected chi connectivity index (χ1v) is 9.56. The third kappa shape index (κ3) is 5.34. The number of fused-ring (bicyclic) bond motifs is 1. The molecule has 3 N–H and O–H groups in total. The highest BCUT2D eigenvalue weighted by atomic mass is 127. The van der Waals surface area contributed by atoms with Crippen molar-refractivity contribution >= 4 is 35.6 Å². The molecule has 5 nitrogen and oxygen atoms in total. The third-order valence-corrected chi connectivity index (χ3v) is 5.19. The van der Waals surface area contributed by atoms with Crippen LogP contribution in [0, 0.1) is 0 Å². The molecule has 1 heterocycles. The summed E-state index contributed by atoms with van der Waals surface area (Å²) < 4.78 is 5.89. The number of guanidine groups is 1. The van der Waals surface area contributed by atoms with Crippen LogP contribution >= 0.6 is 24.0 Å². The van der Waals surface area contributed by atoms with Crippen molar-refractivity contribution in [3.05, 3.63) is 53.2 Å². The first-order chi connectivity index (χ1) is 12.8. The first kappa shape index (κ1) is 19.9. The summed E-state index contributed by atoms with van der Waals surface area (Å²) in [4.78, 5) is 8.81. The van der Waals surface area contributed by atoms with Gasteiger partial charge < -0.3 is 15.8 Å². The lowest BCUT2D eigenvalue weighted by atomic mass is 10.1. The van der Waals surface area contributed by atoms with E-state index in [9.17, 15) is 0 Å². The van der Waals surface area contributed by atoms with Crippen molar-refractivity contribution in [2.75, 3.05) is 5.32 Å². The van der Waals surface area contributed by atoms with Crippen LogP contribution in [0.15, 0.2) is 41.5 Å². The zero-order valence-electron chi connectivity index (χ0n) is 15.5. The Labute approximate surface area is 177 Å². The normalized spacial score (nSPS) is 16.7. The fourth-order valence-corrected chi connectivity index (χ4v) is 3.76. The molecule has 2 aromatic rings. The van der Waals surface area contributed by atoms with E-state index in [1.165, 1.54) is 36.8 Å². The standard InChI is InChI=1S/C21H26N4O.HI/c22-21(25-18-10-9-16-4-3-5-17(16)12-18)24-14-15-8-11-20(23-13-15)26-19-6-1-2-7-19;/h8-13,19H,1-7,14H2,(H3,22,24,25);1H. The maximum absolute atomic E-state index is 6.03. The first-order valence-electron chi connectivity index (χ1n) is 9.56. The summed E-state index contributed by atoms with van der Waals surface area (Å²) in [7, 11) is 0. The number of pyridine rings is 1. The summed E-state index contributed by atoms with van der Waals surface area (Å²) in [5.74, 6) is 1.13. The molecule has 0 aliphatic heterocycles. The largest absolute Gasteiger partial charge is 0.474 e. The lowest BCUT2D eigenvalue weighted by Crippen LogP contribution is -2.22. The van der Waals surface area contributed by atoms with E-state index in [4.69, 9.17) is 10.5 Å². The van der Waals surface area contributed by atoms with Gasteiger partial charge in [-0.3, -0.25) is 0 Å². The quantitative estimate of drug-likeness (QED) is 0.379. The minimum atomic E-state index is 0. The molecule has 2 aliphatic carbocycles. The SMILES string of the molecule is I.NC(=NCc1ccc(OC2CCCC2)nc1)Nc1ccc2c(c1)CCC2. The number of anilines is 1. The van der Waals surface area contributed by atoms with Crippen LogP contribution in [-0.2, 0) is 19.4 Å². The summed E-state index contributed by atoms with van der Waals surface area (Å²) in [6.45, 7) is 0.500. The molecule has 6 heteroatoms. The summed E-state index contributed by atoms with van der Waals surface area (Å²) in [6, 6.07) is 10.4. The van der Waals surface area contributed by atoms with Gasteiger partial charge in [-0.25, -0.2) is 9.98 Å². The molecule has 27 heavy (non-hydrogen) atoms. The summed E-state index contributed by atoms with van der Waals surface area (Å²) in [5, 5.41) is 3.18. The van der Waals surface area contributed by atoms with Gasteiger partial charge in [-0.2, -0.15) is 0 Å². The van der Waals surface area contributed by atoms with Crippen molar-refractivity contribution < 1.29 is 4.74 Å². The number of nitrogens with zero attached hydrogens (tertiary/aromatic N) is 2. The van der Waals surface area contributed by atoms with Gasteiger partial charge >= 0.3 is 0 Å². The van der Waals surface area contributed by atoms with E-state index in [-0.39, 0.29) is 24.0 Å². The maximum atomic E-state index is 6.03. The number of nitrogens with two attached hydrogens (primary N) is 1. The molecule has 2 aliphatic rings. The predicted molar refractivity (Wildman–Crippen MR) is 120 cm³/mol. The fourth-order valence-electron chi connectivity index (χ4n) is 3.76. The highest BCUT2D eigenvalue weighted by Crippen LogP contribution is 2.25. The molecule has 0 unspecified atom stereocenters. The lowest BCUT2D eigenvalue weighted by molar-refractivity contribution is 0.201. The number of aromatic nitrogens is 1. The number of aryl methyl sites for hydroxylation is 2. The van der Waals surface area contributed by atoms with E-state index in [1.54, 1.807) is 0 Å². The number of halogens is 1. The molecular formula is C21H27IN4O. The molecule has 1 fully saturated rings. The van der Waals surface area contributed by atoms with E-state index >= 15 is 0 Å². The molecule has 0 radical (unpaired) electrons. The number of aliphatic imine (C=N–C) groups is 1. The van der Waals surface area contributed by atoms with Crippen molar-refractivity contribution in [2.24, 2.45) is 10.7 Å². The Kier molecular flexibility index (Phi) is 6.93. The minimum Gasteiger partial charge on any atom is -0.474 e. The second-order valence-electron chi connectivity index (χ2n) is 7.19. The monoisotopic (exact) mass is 478 g/mol. The van der Waals surface area contributed by atoms with Crippen molar-refractivity contribution in [3.8, 4) is 5.88 Å². The Balaban J connectivity index is 0.00000210. The van der Waals surface area contributed by atoms with Crippen LogP contribution in [0.5, 0.6) is 5.88 Å². The van der Waals surface area contributed by atoms with Crippen LogP contribution in [0.2, 0.25) is 0 Å². The van der Waals surface area contributed by atoms with Crippen molar-refractivity contribution in [1.82, 2.24) is 4.98 Å². The van der Waals surface area contributed by atoms with Crippen molar-refractivity contribution in [1.29, 1.82) is 0 Å². The summed E-state index contributed by atoms with van der Waals surface area (Å²) in [5.41, 5.74) is 10.9. The topological polar surface area (TPSA) is 72.5 Å². The summed E-state index contributed by atoms with van der Waals surface area (Å²) >= 11 is 0. The third-order valence-electron chi connectivity index (χ3n) is 5.19. The number of rotatable bonds is 5. The number of ether oxygens (including phenoxy) is 1. The van der Waals surface area contributed by atoms with Crippen LogP contribution in [0.25, 0.3) is 0 Å². The van der Waals surface area contributed by atoms with E-state index in [0.717, 1.165) is 30.5 Å². The molecule has 4 rings (SSSR count). The van der Waals surface area contributed by atoms with Gasteiger partial charge in [0.15, 0.2) is 5.96 Å². The average Bonchev–Trinajstić information content (AvgIpc) is 3.32. The molecular weight excluding hydrogens is 451 g/mol. The van der Waals surface area contributed by atoms with Gasteiger partial charge in [-0.05, 0) is 73.8 Å². The molecule has 0 spiro atoms. The predicted octanol–water partition coefficient (Wildman–Crippen LogP) is 4.44. The molecule has 1 saturated carbocycles. The number of nitrogens with one attached hydrogen (secondary N) is 1. The molecule has 0 atom stereocenters. The Morgan fingerprint density at radius 1 is 1.11 bits per heavy atom. The average molecular weight is 478 g/mol. The van der Waals surface area contributed by atoms with Gasteiger partial charge in [0, 0.05) is 18.0 Å². The van der Waals surface area contributed by atoms with E-state index in [2.05, 4.69) is 33.5 Å². The Morgan fingerprint density at radius 2 is 1.93 bits per heavy atom. The Morgan fingerprint density at radius 3 is 2.70 bits per heavy atom. The highest BCUT2D eigenvalue weighted by Gasteiger charge is 2.16. The molecule has 144 valence electrons. The van der Waals surface area contributed by atoms with Gasteiger partial charge in [0.05, 0.1) is 6.54 Å². The van der Waals surface area contributed by atoms with Gasteiger partial charge in [-0.1, -0.05) is 12.1 Å². The Hall–Kier alpha value is -1.83. The number of hydrogen-bond acceptors (Lipinski definition) is 3. The molecule has 0 bridgehead atoms. The minimum absolute atomic E-state index is 0. The molecule has 1 aromatic carbocycles. The van der Waals surface area contributed by atoms with Crippen LogP contribution in [0.4, 0.5) is 5.69 Å². The van der Waals surface area contributed by atoms with Crippen LogP contribution < -0.4 is 15.8 Å². The lowest BCUT2D eigenvalue weighted by Gasteiger charge is -2.12.